The van der Waals surface area contributed by atoms with Crippen molar-refractivity contribution in [2.75, 3.05) is 0 Å². The lowest BCUT2D eigenvalue weighted by atomic mass is 10.2. The Kier molecular flexibility index (Phi) is 6.32. The molecule has 0 saturated carbocycles. The second kappa shape index (κ2) is 6.09. The van der Waals surface area contributed by atoms with E-state index in [1.807, 2.05) is 0 Å². The van der Waals surface area contributed by atoms with E-state index < -0.39 is 42.7 Å². The molecule has 0 bridgehead atoms. The molecule has 0 unspecified atom stereocenters. The third kappa shape index (κ3) is 5.08. The fraction of sp³-hybridized carbons (Fsp3) is 0.714. The molecule has 0 radical (unpaired) electrons. The number of alkyl halides is 12. The van der Waals surface area contributed by atoms with Crippen LogP contribution in [-0.2, 0) is 9.59 Å². The summed E-state index contributed by atoms with van der Waals surface area (Å²) in [6.07, 6.45) is -15.4. The van der Waals surface area contributed by atoms with Gasteiger partial charge in [-0.3, -0.25) is 9.59 Å². The van der Waals surface area contributed by atoms with E-state index >= 15 is 0 Å². The van der Waals surface area contributed by atoms with E-state index in [0.29, 0.717) is 0 Å². The van der Waals surface area contributed by atoms with Crippen LogP contribution in [0.3, 0.4) is 0 Å². The predicted octanol–water partition coefficient (Wildman–Crippen LogP) is 3.40. The minimum Gasteiger partial charge on any atom is -0.296 e. The molecule has 0 amide bonds. The smallest absolute Gasteiger partial charge is 0.296 e. The van der Waals surface area contributed by atoms with Crippen molar-refractivity contribution in [2.45, 2.75) is 30.1 Å². The van der Waals surface area contributed by atoms with E-state index in [0.717, 1.165) is 0 Å². The number of carbonyl (C=O) groups excluding carboxylic acids is 2. The number of aldehydes is 2. The summed E-state index contributed by atoms with van der Waals surface area (Å²) in [5.41, 5.74) is 0. The van der Waals surface area contributed by atoms with Gasteiger partial charge in [0.25, 0.3) is 0 Å². The predicted molar refractivity (Wildman–Crippen MR) is 39.1 cm³/mol. The van der Waals surface area contributed by atoms with Gasteiger partial charge in [0.1, 0.15) is 0 Å². The molecule has 126 valence electrons. The van der Waals surface area contributed by atoms with Gasteiger partial charge in [-0.2, -0.15) is 52.7 Å². The molecule has 0 aromatic carbocycles. The van der Waals surface area contributed by atoms with Gasteiger partial charge in [-0.1, -0.05) is 0 Å². The molecule has 0 fully saturated rings. The highest BCUT2D eigenvalue weighted by Gasteiger charge is 2.73. The molecule has 0 N–H and O–H groups in total. The van der Waals surface area contributed by atoms with Crippen LogP contribution in [0.5, 0.6) is 0 Å². The van der Waals surface area contributed by atoms with Gasteiger partial charge >= 0.3 is 30.1 Å². The number of halogens is 12. The van der Waals surface area contributed by atoms with Gasteiger partial charge in [0.15, 0.2) is 12.6 Å². The first-order valence-corrected chi connectivity index (χ1v) is 4.07. The second-order valence-electron chi connectivity index (χ2n) is 3.05. The maximum atomic E-state index is 11.6. The minimum absolute atomic E-state index is 1.44. The van der Waals surface area contributed by atoms with Gasteiger partial charge in [-0.05, 0) is 0 Å². The minimum atomic E-state index is -6.43. The van der Waals surface area contributed by atoms with Crippen LogP contribution in [0, 0.1) is 0 Å². The Morgan fingerprint density at radius 1 is 0.476 bits per heavy atom. The van der Waals surface area contributed by atoms with E-state index in [1.54, 1.807) is 0 Å². The number of hydrogen-bond acceptors (Lipinski definition) is 2. The summed E-state index contributed by atoms with van der Waals surface area (Å²) in [4.78, 5) is 18.2. The fourth-order valence-electron chi connectivity index (χ4n) is 0.330. The zero-order valence-corrected chi connectivity index (χ0v) is 9.01. The first-order chi connectivity index (χ1) is 8.87. The lowest BCUT2D eigenvalue weighted by Crippen LogP contribution is -2.52. The molecular weight excluding hydrogens is 344 g/mol. The Labute approximate surface area is 106 Å². The summed E-state index contributed by atoms with van der Waals surface area (Å²) >= 11 is 0. The molecule has 0 rings (SSSR count). The van der Waals surface area contributed by atoms with Crippen molar-refractivity contribution < 1.29 is 62.3 Å². The highest BCUT2D eigenvalue weighted by Crippen LogP contribution is 2.45. The summed E-state index contributed by atoms with van der Waals surface area (Å²) in [7, 11) is 0. The molecular formula is C7H2F12O2. The van der Waals surface area contributed by atoms with E-state index in [-0.39, 0.29) is 0 Å². The summed E-state index contributed by atoms with van der Waals surface area (Å²) in [6, 6.07) is 0. The molecule has 0 aliphatic carbocycles. The van der Waals surface area contributed by atoms with Crippen LogP contribution in [0.1, 0.15) is 0 Å². The maximum Gasteiger partial charge on any atom is 0.460 e. The highest BCUT2D eigenvalue weighted by atomic mass is 19.4. The number of rotatable bonds is 3. The van der Waals surface area contributed by atoms with E-state index in [1.165, 1.54) is 0 Å². The SMILES string of the molecule is O=CC(F)(F)C(F)(F)C(F)(F)F.O=CC(F)(F)C(F)(F)F. The Morgan fingerprint density at radius 3 is 0.810 bits per heavy atom. The van der Waals surface area contributed by atoms with Crippen LogP contribution in [0.4, 0.5) is 52.7 Å². The van der Waals surface area contributed by atoms with Crippen molar-refractivity contribution in [2.24, 2.45) is 0 Å². The van der Waals surface area contributed by atoms with Crippen molar-refractivity contribution in [3.63, 3.8) is 0 Å². The van der Waals surface area contributed by atoms with E-state index in [2.05, 4.69) is 0 Å². The van der Waals surface area contributed by atoms with Crippen LogP contribution in [0.25, 0.3) is 0 Å². The lowest BCUT2D eigenvalue weighted by molar-refractivity contribution is -0.340. The zero-order valence-electron chi connectivity index (χ0n) is 9.01. The average Bonchev–Trinajstić information content (AvgIpc) is 2.26. The van der Waals surface area contributed by atoms with Gasteiger partial charge in [0, 0.05) is 0 Å². The quantitative estimate of drug-likeness (QED) is 0.580. The topological polar surface area (TPSA) is 34.1 Å². The van der Waals surface area contributed by atoms with Gasteiger partial charge in [0.2, 0.25) is 0 Å². The van der Waals surface area contributed by atoms with E-state index in [9.17, 15) is 57.5 Å². The molecule has 0 atom stereocenters. The molecule has 0 spiro atoms. The van der Waals surface area contributed by atoms with Gasteiger partial charge in [0.05, 0.1) is 0 Å². The fourth-order valence-corrected chi connectivity index (χ4v) is 0.330. The summed E-state index contributed by atoms with van der Waals surface area (Å²) in [6.45, 7) is 0. The molecule has 0 heterocycles. The summed E-state index contributed by atoms with van der Waals surface area (Å²) in [5.74, 6) is -17.2. The summed E-state index contributed by atoms with van der Waals surface area (Å²) < 4.78 is 135. The second-order valence-corrected chi connectivity index (χ2v) is 3.05. The van der Waals surface area contributed by atoms with Crippen LogP contribution >= 0.6 is 0 Å². The molecule has 21 heavy (non-hydrogen) atoms. The monoisotopic (exact) mass is 346 g/mol. The Hall–Kier alpha value is -1.50. The molecule has 2 nitrogen and oxygen atoms in total. The normalized spacial score (nSPS) is 14.1. The Balaban J connectivity index is 0. The van der Waals surface area contributed by atoms with Crippen LogP contribution < -0.4 is 0 Å². The standard InChI is InChI=1S/C4HF7O.C3HF5O/c5-2(6,1-12)3(7,8)4(9,10)11;4-2(5,1-9)3(6,7)8/h1H;1H. The zero-order chi connectivity index (χ0) is 17.9. The molecule has 0 aromatic heterocycles. The van der Waals surface area contributed by atoms with Crippen molar-refractivity contribution in [3.05, 3.63) is 0 Å². The van der Waals surface area contributed by atoms with Crippen LogP contribution in [0.2, 0.25) is 0 Å². The van der Waals surface area contributed by atoms with E-state index in [4.69, 9.17) is 4.79 Å². The molecule has 0 aliphatic rings. The van der Waals surface area contributed by atoms with Gasteiger partial charge < -0.3 is 0 Å². The molecule has 0 aromatic rings. The van der Waals surface area contributed by atoms with Crippen molar-refractivity contribution in [1.29, 1.82) is 0 Å². The van der Waals surface area contributed by atoms with Crippen molar-refractivity contribution in [3.8, 4) is 0 Å². The Bertz CT molecular complexity index is 365. The molecule has 0 aliphatic heterocycles. The van der Waals surface area contributed by atoms with Crippen molar-refractivity contribution in [1.82, 2.24) is 0 Å². The van der Waals surface area contributed by atoms with Crippen LogP contribution in [0.15, 0.2) is 0 Å². The maximum absolute atomic E-state index is 11.6. The third-order valence-electron chi connectivity index (χ3n) is 1.45. The lowest BCUT2D eigenvalue weighted by Gasteiger charge is -2.23. The Morgan fingerprint density at radius 2 is 0.762 bits per heavy atom. The number of carbonyl (C=O) groups is 2. The highest BCUT2D eigenvalue weighted by molar-refractivity contribution is 5.62. The first-order valence-electron chi connectivity index (χ1n) is 4.07. The van der Waals surface area contributed by atoms with Crippen LogP contribution in [-0.4, -0.2) is 42.7 Å². The third-order valence-corrected chi connectivity index (χ3v) is 1.45. The largest absolute Gasteiger partial charge is 0.460 e. The molecule has 14 heteroatoms. The van der Waals surface area contributed by atoms with Gasteiger partial charge in [-0.25, -0.2) is 0 Å². The van der Waals surface area contributed by atoms with Gasteiger partial charge in [-0.15, -0.1) is 0 Å². The van der Waals surface area contributed by atoms with Crippen molar-refractivity contribution >= 4 is 12.6 Å². The number of hydrogen-bond donors (Lipinski definition) is 0. The molecule has 0 saturated heterocycles. The average molecular weight is 346 g/mol. The summed E-state index contributed by atoms with van der Waals surface area (Å²) in [5, 5.41) is 0. The first kappa shape index (κ1) is 21.8.